The van der Waals surface area contributed by atoms with E-state index in [1.165, 1.54) is 47.5 Å². The molecule has 0 bridgehead atoms. The molecule has 4 N–H and O–H groups in total. The van der Waals surface area contributed by atoms with E-state index in [1.54, 1.807) is 0 Å². The fourth-order valence-electron chi connectivity index (χ4n) is 4.07. The van der Waals surface area contributed by atoms with E-state index in [0.29, 0.717) is 0 Å². The Hall–Kier alpha value is -4.58. The molecule has 3 aromatic rings. The van der Waals surface area contributed by atoms with Crippen LogP contribution in [0.3, 0.4) is 0 Å². The van der Waals surface area contributed by atoms with Gasteiger partial charge < -0.3 is 20.5 Å². The Balaban J connectivity index is 1.38. The highest BCUT2D eigenvalue weighted by Crippen LogP contribution is 2.49. The van der Waals surface area contributed by atoms with E-state index >= 15 is 4.39 Å². The standard InChI is InChI=1S/C26H23F2N5O5/c27-15-1-3-16(4-2-15)33(24(36)26(8-9-26)23(29)35)17-5-6-21(20(28)11-17)38-19-7-10-30-22(12-19)31-25(37)32-13-18(34)14-32/h1-7,10-12,18,34H,8-9,13-14H2,(H2,29,35)(H,30,31,37). The summed E-state index contributed by atoms with van der Waals surface area (Å²) < 4.78 is 34.4. The molecule has 2 aliphatic rings. The number of anilines is 3. The van der Waals surface area contributed by atoms with E-state index in [1.807, 2.05) is 0 Å². The van der Waals surface area contributed by atoms with Gasteiger partial charge in [-0.2, -0.15) is 0 Å². The normalized spacial score (nSPS) is 15.8. The van der Waals surface area contributed by atoms with Crippen molar-refractivity contribution in [2.45, 2.75) is 18.9 Å². The second kappa shape index (κ2) is 9.71. The van der Waals surface area contributed by atoms with Crippen LogP contribution >= 0.6 is 0 Å². The van der Waals surface area contributed by atoms with Crippen LogP contribution in [0, 0.1) is 17.0 Å². The van der Waals surface area contributed by atoms with Crippen molar-refractivity contribution in [3.05, 3.63) is 72.4 Å². The number of nitrogens with two attached hydrogens (primary N) is 1. The van der Waals surface area contributed by atoms with Gasteiger partial charge >= 0.3 is 6.03 Å². The Morgan fingerprint density at radius 2 is 1.74 bits per heavy atom. The molecule has 4 amide bonds. The number of amides is 4. The van der Waals surface area contributed by atoms with E-state index in [9.17, 15) is 23.9 Å². The van der Waals surface area contributed by atoms with Crippen LogP contribution in [0.15, 0.2) is 60.8 Å². The number of pyridine rings is 1. The minimum absolute atomic E-state index is 0.0957. The Bertz CT molecular complexity index is 1410. The molecule has 2 aromatic carbocycles. The number of primary amides is 1. The van der Waals surface area contributed by atoms with Gasteiger partial charge in [0.05, 0.1) is 24.9 Å². The number of benzene rings is 2. The van der Waals surface area contributed by atoms with Crippen LogP contribution in [0.1, 0.15) is 12.8 Å². The van der Waals surface area contributed by atoms with Gasteiger partial charge in [-0.1, -0.05) is 0 Å². The topological polar surface area (TPSA) is 138 Å². The predicted molar refractivity (Wildman–Crippen MR) is 132 cm³/mol. The number of urea groups is 1. The molecule has 0 radical (unpaired) electrons. The summed E-state index contributed by atoms with van der Waals surface area (Å²) in [4.78, 5) is 44.1. The highest BCUT2D eigenvalue weighted by atomic mass is 19.1. The smallest absolute Gasteiger partial charge is 0.323 e. The molecular formula is C26H23F2N5O5. The van der Waals surface area contributed by atoms with Gasteiger partial charge in [0.2, 0.25) is 11.8 Å². The maximum atomic E-state index is 15.2. The molecule has 1 aliphatic heterocycles. The monoisotopic (exact) mass is 523 g/mol. The molecule has 2 fully saturated rings. The number of aliphatic hydroxyl groups is 1. The lowest BCUT2D eigenvalue weighted by molar-refractivity contribution is -0.133. The molecule has 2 heterocycles. The largest absolute Gasteiger partial charge is 0.454 e. The number of hydrogen-bond acceptors (Lipinski definition) is 6. The van der Waals surface area contributed by atoms with Crippen molar-refractivity contribution in [3.8, 4) is 11.5 Å². The third-order valence-corrected chi connectivity index (χ3v) is 6.44. The van der Waals surface area contributed by atoms with E-state index in [2.05, 4.69) is 10.3 Å². The van der Waals surface area contributed by atoms with Gasteiger partial charge in [-0.15, -0.1) is 0 Å². The lowest BCUT2D eigenvalue weighted by atomic mass is 10.0. The van der Waals surface area contributed by atoms with Crippen LogP contribution in [0.5, 0.6) is 11.5 Å². The minimum atomic E-state index is -1.40. The molecule has 0 spiro atoms. The molecule has 0 atom stereocenters. The van der Waals surface area contributed by atoms with Crippen LogP contribution in [-0.4, -0.2) is 52.0 Å². The van der Waals surface area contributed by atoms with Crippen molar-refractivity contribution in [3.63, 3.8) is 0 Å². The summed E-state index contributed by atoms with van der Waals surface area (Å²) in [6.07, 6.45) is 1.36. The zero-order chi connectivity index (χ0) is 27.0. The quantitative estimate of drug-likeness (QED) is 0.407. The Labute approximate surface area is 215 Å². The summed E-state index contributed by atoms with van der Waals surface area (Å²) in [5.41, 5.74) is 4.42. The second-order valence-corrected chi connectivity index (χ2v) is 9.15. The number of carbonyl (C=O) groups excluding carboxylic acids is 3. The SMILES string of the molecule is NC(=O)C1(C(=O)N(c2ccc(F)cc2)c2ccc(Oc3ccnc(NC(=O)N4CC(O)C4)c3)c(F)c2)CC1. The maximum Gasteiger partial charge on any atom is 0.323 e. The van der Waals surface area contributed by atoms with Crippen molar-refractivity contribution in [2.24, 2.45) is 11.1 Å². The molecular weight excluding hydrogens is 500 g/mol. The van der Waals surface area contributed by atoms with Gasteiger partial charge in [-0.05, 0) is 55.3 Å². The molecule has 0 unspecified atom stereocenters. The van der Waals surface area contributed by atoms with Crippen LogP contribution < -0.4 is 20.7 Å². The summed E-state index contributed by atoms with van der Waals surface area (Å²) in [5, 5.41) is 11.9. The number of nitrogens with one attached hydrogen (secondary N) is 1. The van der Waals surface area contributed by atoms with Crippen molar-refractivity contribution in [1.82, 2.24) is 9.88 Å². The zero-order valence-corrected chi connectivity index (χ0v) is 19.9. The second-order valence-electron chi connectivity index (χ2n) is 9.15. The van der Waals surface area contributed by atoms with Crippen LogP contribution in [0.4, 0.5) is 30.8 Å². The van der Waals surface area contributed by atoms with Crippen LogP contribution in [0.25, 0.3) is 0 Å². The number of aliphatic hydroxyl groups excluding tert-OH is 1. The molecule has 1 saturated heterocycles. The molecule has 12 heteroatoms. The number of carbonyl (C=O) groups is 3. The van der Waals surface area contributed by atoms with Crippen LogP contribution in [0.2, 0.25) is 0 Å². The first-order valence-electron chi connectivity index (χ1n) is 11.7. The molecule has 10 nitrogen and oxygen atoms in total. The fraction of sp³-hybridized carbons (Fsp3) is 0.231. The van der Waals surface area contributed by atoms with E-state index in [0.717, 1.165) is 23.1 Å². The van der Waals surface area contributed by atoms with Crippen molar-refractivity contribution in [1.29, 1.82) is 0 Å². The number of nitrogens with zero attached hydrogens (tertiary/aromatic N) is 3. The fourth-order valence-corrected chi connectivity index (χ4v) is 4.07. The number of β-amino-alcohol motifs (C(OH)–C–C–N with tert-alkyl or cyclic N) is 1. The summed E-state index contributed by atoms with van der Waals surface area (Å²) in [6, 6.07) is 11.2. The van der Waals surface area contributed by atoms with Gasteiger partial charge in [0, 0.05) is 24.0 Å². The minimum Gasteiger partial charge on any atom is -0.454 e. The average Bonchev–Trinajstić information content (AvgIpc) is 3.68. The number of halogens is 2. The maximum absolute atomic E-state index is 15.2. The van der Waals surface area contributed by atoms with Gasteiger partial charge in [-0.25, -0.2) is 18.6 Å². The van der Waals surface area contributed by atoms with Crippen molar-refractivity contribution < 1.29 is 33.0 Å². The Morgan fingerprint density at radius 3 is 2.34 bits per heavy atom. The Morgan fingerprint density at radius 1 is 1.05 bits per heavy atom. The van der Waals surface area contributed by atoms with E-state index in [-0.39, 0.29) is 54.6 Å². The van der Waals surface area contributed by atoms with Gasteiger partial charge in [0.15, 0.2) is 11.6 Å². The molecule has 1 saturated carbocycles. The third kappa shape index (κ3) is 4.85. The molecule has 38 heavy (non-hydrogen) atoms. The number of rotatable bonds is 7. The van der Waals surface area contributed by atoms with E-state index < -0.39 is 41.0 Å². The molecule has 5 rings (SSSR count). The summed E-state index contributed by atoms with van der Waals surface area (Å²) in [5.74, 6) is -2.57. The lowest BCUT2D eigenvalue weighted by Gasteiger charge is -2.35. The molecule has 1 aliphatic carbocycles. The highest BCUT2D eigenvalue weighted by molar-refractivity contribution is 6.16. The van der Waals surface area contributed by atoms with E-state index in [4.69, 9.17) is 10.5 Å². The van der Waals surface area contributed by atoms with Gasteiger partial charge in [0.1, 0.15) is 22.8 Å². The van der Waals surface area contributed by atoms with Gasteiger partial charge in [-0.3, -0.25) is 19.8 Å². The first-order valence-corrected chi connectivity index (χ1v) is 11.7. The third-order valence-electron chi connectivity index (χ3n) is 6.44. The number of ether oxygens (including phenoxy) is 1. The Kier molecular flexibility index (Phi) is 6.41. The highest BCUT2D eigenvalue weighted by Gasteiger charge is 2.57. The van der Waals surface area contributed by atoms with Crippen LogP contribution in [-0.2, 0) is 9.59 Å². The summed E-state index contributed by atoms with van der Waals surface area (Å²) >= 11 is 0. The van der Waals surface area contributed by atoms with Gasteiger partial charge in [0.25, 0.3) is 0 Å². The first-order chi connectivity index (χ1) is 18.2. The van der Waals surface area contributed by atoms with Crippen molar-refractivity contribution >= 4 is 35.0 Å². The number of hydrogen-bond donors (Lipinski definition) is 3. The average molecular weight is 523 g/mol. The van der Waals surface area contributed by atoms with Crippen molar-refractivity contribution in [2.75, 3.05) is 23.3 Å². The lowest BCUT2D eigenvalue weighted by Crippen LogP contribution is -2.54. The molecule has 1 aromatic heterocycles. The zero-order valence-electron chi connectivity index (χ0n) is 19.9. The number of aromatic nitrogens is 1. The summed E-state index contributed by atoms with van der Waals surface area (Å²) in [7, 11) is 0. The first kappa shape index (κ1) is 25.1. The number of likely N-dealkylation sites (tertiary alicyclic amines) is 1. The summed E-state index contributed by atoms with van der Waals surface area (Å²) in [6.45, 7) is 0.440. The molecule has 196 valence electrons. The predicted octanol–water partition coefficient (Wildman–Crippen LogP) is 3.29.